The molecule has 0 aliphatic carbocycles. The Balaban J connectivity index is 3.74. The molecular formula is C24H49NO4P+. The van der Waals surface area contributed by atoms with E-state index in [1.165, 1.54) is 44.9 Å². The number of hydrogen-bond acceptors (Lipinski definition) is 2. The zero-order chi connectivity index (χ0) is 22.9. The molecule has 0 bridgehead atoms. The number of unbranched alkanes of at least 4 members (excludes halogenated alkanes) is 10. The number of nitrogens with zero attached hydrogens (tertiary/aromatic N) is 1. The zero-order valence-electron chi connectivity index (χ0n) is 20.1. The highest BCUT2D eigenvalue weighted by molar-refractivity contribution is 7.53. The zero-order valence-corrected chi connectivity index (χ0v) is 21.0. The molecular weight excluding hydrogens is 397 g/mol. The second-order valence-corrected chi connectivity index (χ2v) is 11.6. The molecule has 178 valence electrons. The van der Waals surface area contributed by atoms with Crippen LogP contribution in [0.1, 0.15) is 96.8 Å². The Morgan fingerprint density at radius 1 is 0.733 bits per heavy atom. The second-order valence-electron chi connectivity index (χ2n) is 9.65. The molecule has 0 radical (unpaired) electrons. The van der Waals surface area contributed by atoms with Crippen LogP contribution in [0, 0.1) is 0 Å². The average molecular weight is 447 g/mol. The summed E-state index contributed by atoms with van der Waals surface area (Å²) in [6, 6.07) is 0. The third-order valence-electron chi connectivity index (χ3n) is 5.27. The fraction of sp³-hybridized carbons (Fsp3) is 0.833. The Kier molecular flexibility index (Phi) is 16.0. The number of likely N-dealkylation sites (N-methyl/N-ethyl adjacent to an activating group) is 1. The van der Waals surface area contributed by atoms with Gasteiger partial charge in [0.25, 0.3) is 0 Å². The highest BCUT2D eigenvalue weighted by Gasteiger charge is 2.48. The van der Waals surface area contributed by atoms with Crippen molar-refractivity contribution in [3.8, 4) is 0 Å². The van der Waals surface area contributed by atoms with Gasteiger partial charge in [0.05, 0.1) is 21.1 Å². The van der Waals surface area contributed by atoms with Gasteiger partial charge in [-0.15, -0.1) is 0 Å². The van der Waals surface area contributed by atoms with Gasteiger partial charge >= 0.3 is 7.60 Å². The maximum Gasteiger partial charge on any atom is 0.362 e. The van der Waals surface area contributed by atoms with Crippen LogP contribution in [0.15, 0.2) is 24.3 Å². The summed E-state index contributed by atoms with van der Waals surface area (Å²) in [6.45, 7) is 2.28. The van der Waals surface area contributed by atoms with Gasteiger partial charge in [0.2, 0.25) is 5.34 Å². The van der Waals surface area contributed by atoms with Crippen LogP contribution in [0.2, 0.25) is 0 Å². The first-order chi connectivity index (χ1) is 14.0. The maximum atomic E-state index is 11.8. The number of rotatable bonds is 19. The van der Waals surface area contributed by atoms with Crippen LogP contribution in [-0.4, -0.2) is 52.4 Å². The standard InChI is InChI=1S/C24H48NO4P/c1-5-6-7-8-9-10-11-12-13-14-15-16-17-18-19-20-21-22-24(26,30(27,28)29)23-25(2,3)4/h8-9,15-16,26H,5-7,10-14,17-23H2,1-4H3,(H-,27,28,29)/p+1/b9-8-,16-15-. The second kappa shape index (κ2) is 16.2. The molecule has 0 aromatic heterocycles. The van der Waals surface area contributed by atoms with Gasteiger partial charge < -0.3 is 19.4 Å². The van der Waals surface area contributed by atoms with Crippen LogP contribution in [0.3, 0.4) is 0 Å². The van der Waals surface area contributed by atoms with E-state index in [4.69, 9.17) is 0 Å². The van der Waals surface area contributed by atoms with Gasteiger partial charge in [0, 0.05) is 0 Å². The first-order valence-corrected chi connectivity index (χ1v) is 13.5. The summed E-state index contributed by atoms with van der Waals surface area (Å²) >= 11 is 0. The molecule has 5 nitrogen and oxygen atoms in total. The predicted molar refractivity (Wildman–Crippen MR) is 128 cm³/mol. The van der Waals surface area contributed by atoms with Crippen LogP contribution < -0.4 is 0 Å². The molecule has 1 atom stereocenters. The highest BCUT2D eigenvalue weighted by Crippen LogP contribution is 2.52. The number of quaternary nitrogens is 1. The van der Waals surface area contributed by atoms with Crippen molar-refractivity contribution < 1.29 is 23.9 Å². The fourth-order valence-corrected chi connectivity index (χ4v) is 4.65. The van der Waals surface area contributed by atoms with Crippen LogP contribution in [-0.2, 0) is 4.57 Å². The lowest BCUT2D eigenvalue weighted by Crippen LogP contribution is -2.49. The normalized spacial score (nSPS) is 15.3. The third kappa shape index (κ3) is 16.3. The summed E-state index contributed by atoms with van der Waals surface area (Å²) in [6.07, 6.45) is 24.0. The minimum Gasteiger partial charge on any atom is -0.373 e. The Labute approximate surface area is 186 Å². The van der Waals surface area contributed by atoms with E-state index in [0.717, 1.165) is 32.1 Å². The summed E-state index contributed by atoms with van der Waals surface area (Å²) in [5.74, 6) is 0. The average Bonchev–Trinajstić information content (AvgIpc) is 2.62. The van der Waals surface area contributed by atoms with Crippen LogP contribution in [0.4, 0.5) is 0 Å². The SMILES string of the molecule is CCCC/C=C\CCCCC/C=C\CCCCCCC(O)(C[N+](C)(C)C)P(=O)(O)O. The molecule has 0 aromatic carbocycles. The summed E-state index contributed by atoms with van der Waals surface area (Å²) in [4.78, 5) is 19.1. The van der Waals surface area contributed by atoms with Crippen LogP contribution >= 0.6 is 7.60 Å². The van der Waals surface area contributed by atoms with Gasteiger partial charge in [-0.05, 0) is 57.8 Å². The van der Waals surface area contributed by atoms with Crippen molar-refractivity contribution in [1.82, 2.24) is 0 Å². The lowest BCUT2D eigenvalue weighted by atomic mass is 10.1. The molecule has 0 heterocycles. The molecule has 0 saturated carbocycles. The maximum absolute atomic E-state index is 11.8. The molecule has 0 saturated heterocycles. The number of allylic oxidation sites excluding steroid dienone is 4. The van der Waals surface area contributed by atoms with Gasteiger partial charge in [-0.3, -0.25) is 4.57 Å². The Morgan fingerprint density at radius 3 is 1.53 bits per heavy atom. The minimum atomic E-state index is -4.55. The first-order valence-electron chi connectivity index (χ1n) is 11.9. The lowest BCUT2D eigenvalue weighted by Gasteiger charge is -2.35. The van der Waals surface area contributed by atoms with Gasteiger partial charge in [0.15, 0.2) is 0 Å². The van der Waals surface area contributed by atoms with E-state index in [2.05, 4.69) is 31.2 Å². The van der Waals surface area contributed by atoms with Crippen molar-refractivity contribution in [3.63, 3.8) is 0 Å². The van der Waals surface area contributed by atoms with Crippen LogP contribution in [0.5, 0.6) is 0 Å². The molecule has 0 amide bonds. The van der Waals surface area contributed by atoms with Crippen molar-refractivity contribution in [2.75, 3.05) is 27.7 Å². The van der Waals surface area contributed by atoms with E-state index in [1.54, 1.807) is 0 Å². The monoisotopic (exact) mass is 446 g/mol. The summed E-state index contributed by atoms with van der Waals surface area (Å²) < 4.78 is 12.1. The van der Waals surface area contributed by atoms with Crippen LogP contribution in [0.25, 0.3) is 0 Å². The predicted octanol–water partition coefficient (Wildman–Crippen LogP) is 6.15. The van der Waals surface area contributed by atoms with Crippen molar-refractivity contribution in [1.29, 1.82) is 0 Å². The van der Waals surface area contributed by atoms with E-state index in [1.807, 2.05) is 21.1 Å². The molecule has 0 rings (SSSR count). The van der Waals surface area contributed by atoms with E-state index in [0.29, 0.717) is 10.9 Å². The van der Waals surface area contributed by atoms with Crippen molar-refractivity contribution in [2.24, 2.45) is 0 Å². The van der Waals surface area contributed by atoms with Crippen molar-refractivity contribution in [2.45, 2.75) is 102 Å². The molecule has 30 heavy (non-hydrogen) atoms. The summed E-state index contributed by atoms with van der Waals surface area (Å²) in [5, 5.41) is 8.60. The summed E-state index contributed by atoms with van der Waals surface area (Å²) in [5.41, 5.74) is 0. The minimum absolute atomic E-state index is 0.0508. The molecule has 6 heteroatoms. The van der Waals surface area contributed by atoms with Gasteiger partial charge in [-0.2, -0.15) is 0 Å². The topological polar surface area (TPSA) is 77.8 Å². The van der Waals surface area contributed by atoms with E-state index < -0.39 is 12.9 Å². The smallest absolute Gasteiger partial charge is 0.362 e. The van der Waals surface area contributed by atoms with Gasteiger partial charge in [0.1, 0.15) is 6.54 Å². The third-order valence-corrected chi connectivity index (χ3v) is 6.72. The Hall–Kier alpha value is -0.450. The van der Waals surface area contributed by atoms with E-state index in [-0.39, 0.29) is 13.0 Å². The Morgan fingerprint density at radius 2 is 1.13 bits per heavy atom. The Bertz CT molecular complexity index is 522. The summed E-state index contributed by atoms with van der Waals surface area (Å²) in [7, 11) is 0.946. The van der Waals surface area contributed by atoms with Gasteiger partial charge in [-0.25, -0.2) is 0 Å². The molecule has 0 aromatic rings. The van der Waals surface area contributed by atoms with Gasteiger partial charge in [-0.1, -0.05) is 63.3 Å². The quantitative estimate of drug-likeness (QED) is 0.0962. The van der Waals surface area contributed by atoms with E-state index >= 15 is 0 Å². The van der Waals surface area contributed by atoms with Crippen molar-refractivity contribution >= 4 is 7.60 Å². The molecule has 0 aliphatic rings. The molecule has 0 aliphatic heterocycles. The molecule has 3 N–H and O–H groups in total. The number of aliphatic hydroxyl groups is 1. The number of hydrogen-bond donors (Lipinski definition) is 3. The van der Waals surface area contributed by atoms with Crippen molar-refractivity contribution in [3.05, 3.63) is 24.3 Å². The largest absolute Gasteiger partial charge is 0.373 e. The van der Waals surface area contributed by atoms with E-state index in [9.17, 15) is 19.5 Å². The molecule has 1 unspecified atom stereocenters. The first kappa shape index (κ1) is 29.5. The molecule has 0 fully saturated rings. The fourth-order valence-electron chi connectivity index (χ4n) is 3.59. The highest BCUT2D eigenvalue weighted by atomic mass is 31.2. The molecule has 0 spiro atoms. The lowest BCUT2D eigenvalue weighted by molar-refractivity contribution is -0.875.